The fourth-order valence-electron chi connectivity index (χ4n) is 2.10. The van der Waals surface area contributed by atoms with Crippen molar-refractivity contribution in [1.82, 2.24) is 14.8 Å². The van der Waals surface area contributed by atoms with Gasteiger partial charge in [0.05, 0.1) is 6.54 Å². The number of hydrogen-bond donors (Lipinski definition) is 1. The molecule has 1 aromatic rings. The maximum absolute atomic E-state index is 10.6. The second kappa shape index (κ2) is 6.26. The topological polar surface area (TPSA) is 56.7 Å². The summed E-state index contributed by atoms with van der Waals surface area (Å²) in [6.07, 6.45) is 3.64. The van der Waals surface area contributed by atoms with Crippen molar-refractivity contribution in [2.24, 2.45) is 0 Å². The van der Waals surface area contributed by atoms with Crippen molar-refractivity contribution in [1.29, 1.82) is 0 Å². The van der Waals surface area contributed by atoms with Crippen LogP contribution in [0.1, 0.15) is 5.56 Å². The lowest BCUT2D eigenvalue weighted by atomic mass is 10.2. The van der Waals surface area contributed by atoms with Gasteiger partial charge in [0.25, 0.3) is 0 Å². The highest BCUT2D eigenvalue weighted by Crippen LogP contribution is 2.12. The predicted octanol–water partition coefficient (Wildman–Crippen LogP) is 1.05. The van der Waals surface area contributed by atoms with E-state index in [2.05, 4.69) is 31.9 Å². The van der Waals surface area contributed by atoms with Gasteiger partial charge in [0.1, 0.15) is 0 Å². The fourth-order valence-corrected chi connectivity index (χ4v) is 2.51. The number of carbonyl (C=O) groups is 1. The maximum atomic E-state index is 10.6. The van der Waals surface area contributed by atoms with Crippen LogP contribution in [0.25, 0.3) is 0 Å². The number of carboxylic acids is 1. The predicted molar refractivity (Wildman–Crippen MR) is 71.3 cm³/mol. The van der Waals surface area contributed by atoms with E-state index < -0.39 is 5.97 Å². The van der Waals surface area contributed by atoms with Gasteiger partial charge in [-0.1, -0.05) is 0 Å². The van der Waals surface area contributed by atoms with Gasteiger partial charge in [-0.15, -0.1) is 0 Å². The smallest absolute Gasteiger partial charge is 0.317 e. The lowest BCUT2D eigenvalue weighted by Gasteiger charge is -2.33. The highest BCUT2D eigenvalue weighted by molar-refractivity contribution is 9.10. The fraction of sp³-hybridized carbons (Fsp3) is 0.500. The van der Waals surface area contributed by atoms with Crippen molar-refractivity contribution < 1.29 is 9.90 Å². The molecule has 6 heteroatoms. The lowest BCUT2D eigenvalue weighted by Crippen LogP contribution is -2.47. The molecule has 0 amide bonds. The van der Waals surface area contributed by atoms with Crippen LogP contribution in [0, 0.1) is 0 Å². The van der Waals surface area contributed by atoms with Crippen LogP contribution >= 0.6 is 15.9 Å². The third kappa shape index (κ3) is 4.04. The van der Waals surface area contributed by atoms with Gasteiger partial charge in [0.15, 0.2) is 0 Å². The first kappa shape index (κ1) is 13.5. The van der Waals surface area contributed by atoms with Crippen LogP contribution in [0.2, 0.25) is 0 Å². The second-order valence-corrected chi connectivity index (χ2v) is 5.37. The number of halogens is 1. The Bertz CT molecular complexity index is 420. The van der Waals surface area contributed by atoms with E-state index >= 15 is 0 Å². The molecular formula is C12H16BrN3O2. The molecule has 1 aliphatic heterocycles. The van der Waals surface area contributed by atoms with Crippen LogP contribution in [-0.4, -0.2) is 58.6 Å². The minimum Gasteiger partial charge on any atom is -0.480 e. The Kier molecular flexibility index (Phi) is 4.68. The molecule has 2 rings (SSSR count). The highest BCUT2D eigenvalue weighted by atomic mass is 79.9. The molecule has 1 aromatic heterocycles. The van der Waals surface area contributed by atoms with Crippen LogP contribution in [0.15, 0.2) is 22.9 Å². The zero-order valence-corrected chi connectivity index (χ0v) is 11.6. The molecule has 0 aliphatic carbocycles. The van der Waals surface area contributed by atoms with Gasteiger partial charge in [-0.3, -0.25) is 19.6 Å². The number of aliphatic carboxylic acids is 1. The molecule has 0 unspecified atom stereocenters. The third-order valence-corrected chi connectivity index (χ3v) is 3.43. The Morgan fingerprint density at radius 2 is 1.94 bits per heavy atom. The molecule has 1 saturated heterocycles. The van der Waals surface area contributed by atoms with E-state index in [0.29, 0.717) is 0 Å². The Hall–Kier alpha value is -0.980. The molecule has 0 spiro atoms. The zero-order chi connectivity index (χ0) is 13.0. The maximum Gasteiger partial charge on any atom is 0.317 e. The average Bonchev–Trinajstić information content (AvgIpc) is 2.31. The van der Waals surface area contributed by atoms with E-state index in [-0.39, 0.29) is 6.54 Å². The molecule has 1 fully saturated rings. The van der Waals surface area contributed by atoms with E-state index in [0.717, 1.165) is 37.2 Å². The first-order valence-electron chi connectivity index (χ1n) is 5.89. The standard InChI is InChI=1S/C12H16BrN3O2/c13-11-5-10(6-14-7-11)8-15-1-3-16(4-2-15)9-12(17)18/h5-7H,1-4,8-9H2,(H,17,18). The molecule has 2 heterocycles. The van der Waals surface area contributed by atoms with Gasteiger partial charge in [-0.25, -0.2) is 0 Å². The van der Waals surface area contributed by atoms with E-state index in [9.17, 15) is 4.79 Å². The number of rotatable bonds is 4. The molecule has 98 valence electrons. The van der Waals surface area contributed by atoms with Crippen LogP contribution in [-0.2, 0) is 11.3 Å². The van der Waals surface area contributed by atoms with Crippen LogP contribution in [0.3, 0.4) is 0 Å². The SMILES string of the molecule is O=C(O)CN1CCN(Cc2cncc(Br)c2)CC1. The number of piperazine rings is 1. The Morgan fingerprint density at radius 1 is 1.28 bits per heavy atom. The minimum atomic E-state index is -0.750. The second-order valence-electron chi connectivity index (χ2n) is 4.46. The van der Waals surface area contributed by atoms with Crippen molar-refractivity contribution in [2.45, 2.75) is 6.54 Å². The largest absolute Gasteiger partial charge is 0.480 e. The summed E-state index contributed by atoms with van der Waals surface area (Å²) in [6, 6.07) is 2.07. The summed E-state index contributed by atoms with van der Waals surface area (Å²) in [7, 11) is 0. The summed E-state index contributed by atoms with van der Waals surface area (Å²) in [6.45, 7) is 4.45. The molecule has 0 radical (unpaired) electrons. The molecule has 18 heavy (non-hydrogen) atoms. The summed E-state index contributed by atoms with van der Waals surface area (Å²) in [5, 5.41) is 8.73. The van der Waals surface area contributed by atoms with Crippen molar-refractivity contribution >= 4 is 21.9 Å². The van der Waals surface area contributed by atoms with E-state index in [1.54, 1.807) is 6.20 Å². The lowest BCUT2D eigenvalue weighted by molar-refractivity contribution is -0.138. The summed E-state index contributed by atoms with van der Waals surface area (Å²) in [5.74, 6) is -0.750. The molecule has 0 aromatic carbocycles. The Labute approximate surface area is 115 Å². The number of nitrogens with zero attached hydrogens (tertiary/aromatic N) is 3. The van der Waals surface area contributed by atoms with Crippen molar-refractivity contribution in [3.05, 3.63) is 28.5 Å². The third-order valence-electron chi connectivity index (χ3n) is 2.99. The molecule has 0 saturated carbocycles. The van der Waals surface area contributed by atoms with Gasteiger partial charge in [-0.05, 0) is 27.6 Å². The first-order chi connectivity index (χ1) is 8.63. The van der Waals surface area contributed by atoms with E-state index in [1.807, 2.05) is 11.1 Å². The van der Waals surface area contributed by atoms with Gasteiger partial charge >= 0.3 is 5.97 Å². The number of aromatic nitrogens is 1. The Morgan fingerprint density at radius 3 is 2.56 bits per heavy atom. The van der Waals surface area contributed by atoms with E-state index in [4.69, 9.17) is 5.11 Å². The average molecular weight is 314 g/mol. The quantitative estimate of drug-likeness (QED) is 0.900. The molecule has 1 N–H and O–H groups in total. The summed E-state index contributed by atoms with van der Waals surface area (Å²) >= 11 is 3.41. The minimum absolute atomic E-state index is 0.145. The van der Waals surface area contributed by atoms with Gasteiger partial charge in [0, 0.05) is 49.6 Å². The molecular weight excluding hydrogens is 298 g/mol. The van der Waals surface area contributed by atoms with Gasteiger partial charge in [-0.2, -0.15) is 0 Å². The monoisotopic (exact) mass is 313 g/mol. The zero-order valence-electron chi connectivity index (χ0n) is 10.0. The number of carboxylic acid groups (broad SMARTS) is 1. The number of hydrogen-bond acceptors (Lipinski definition) is 4. The molecule has 5 nitrogen and oxygen atoms in total. The van der Waals surface area contributed by atoms with Crippen molar-refractivity contribution in [3.8, 4) is 0 Å². The van der Waals surface area contributed by atoms with Gasteiger partial charge in [0.2, 0.25) is 0 Å². The summed E-state index contributed by atoms with van der Waals surface area (Å²) < 4.78 is 0.990. The molecule has 0 bridgehead atoms. The van der Waals surface area contributed by atoms with Crippen LogP contribution in [0.5, 0.6) is 0 Å². The first-order valence-corrected chi connectivity index (χ1v) is 6.69. The number of pyridine rings is 1. The van der Waals surface area contributed by atoms with Crippen LogP contribution < -0.4 is 0 Å². The summed E-state index contributed by atoms with van der Waals surface area (Å²) in [5.41, 5.74) is 1.18. The normalized spacial score (nSPS) is 17.8. The Balaban J connectivity index is 1.81. The van der Waals surface area contributed by atoms with Crippen molar-refractivity contribution in [2.75, 3.05) is 32.7 Å². The van der Waals surface area contributed by atoms with Crippen molar-refractivity contribution in [3.63, 3.8) is 0 Å². The van der Waals surface area contributed by atoms with Crippen LogP contribution in [0.4, 0.5) is 0 Å². The summed E-state index contributed by atoms with van der Waals surface area (Å²) in [4.78, 5) is 19.0. The van der Waals surface area contributed by atoms with E-state index in [1.165, 1.54) is 5.56 Å². The molecule has 0 atom stereocenters. The van der Waals surface area contributed by atoms with Gasteiger partial charge < -0.3 is 5.11 Å². The molecule has 1 aliphatic rings. The highest BCUT2D eigenvalue weighted by Gasteiger charge is 2.18.